The van der Waals surface area contributed by atoms with Crippen LogP contribution in [0.15, 0.2) is 30.3 Å². The lowest BCUT2D eigenvalue weighted by Gasteiger charge is -2.38. The number of carbonyl (C=O) groups is 2. The van der Waals surface area contributed by atoms with Gasteiger partial charge >= 0.3 is 12.1 Å². The average molecular weight is 306 g/mol. The third-order valence-corrected chi connectivity index (χ3v) is 3.87. The van der Waals surface area contributed by atoms with Crippen molar-refractivity contribution in [3.63, 3.8) is 0 Å². The van der Waals surface area contributed by atoms with Crippen molar-refractivity contribution in [1.82, 2.24) is 4.90 Å². The molecule has 6 nitrogen and oxygen atoms in total. The standard InChI is InChI=1S/C16H22N2O4/c1-2-22-15(19)12-18(13-6-4-3-5-7-13)14-8-10-17(11-9-14)16(20)21/h3-7,14H,2,8-12H2,1H3,(H,20,21). The molecule has 1 amide bonds. The summed E-state index contributed by atoms with van der Waals surface area (Å²) in [5.41, 5.74) is 0.962. The molecular formula is C16H22N2O4. The quantitative estimate of drug-likeness (QED) is 0.845. The summed E-state index contributed by atoms with van der Waals surface area (Å²) in [6.07, 6.45) is 0.538. The maximum Gasteiger partial charge on any atom is 0.407 e. The van der Waals surface area contributed by atoms with Gasteiger partial charge in [0.2, 0.25) is 0 Å². The van der Waals surface area contributed by atoms with Crippen LogP contribution in [0.5, 0.6) is 0 Å². The second-order valence-electron chi connectivity index (χ2n) is 5.27. The molecule has 0 atom stereocenters. The minimum Gasteiger partial charge on any atom is -0.465 e. The lowest BCUT2D eigenvalue weighted by atomic mass is 10.0. The van der Waals surface area contributed by atoms with Gasteiger partial charge in [0.1, 0.15) is 6.54 Å². The summed E-state index contributed by atoms with van der Waals surface area (Å²) in [7, 11) is 0. The van der Waals surface area contributed by atoms with E-state index in [2.05, 4.69) is 0 Å². The smallest absolute Gasteiger partial charge is 0.407 e. The van der Waals surface area contributed by atoms with Gasteiger partial charge in [0.25, 0.3) is 0 Å². The van der Waals surface area contributed by atoms with Crippen molar-refractivity contribution >= 4 is 17.7 Å². The zero-order chi connectivity index (χ0) is 15.9. The molecule has 1 fully saturated rings. The van der Waals surface area contributed by atoms with Crippen LogP contribution in [-0.4, -0.2) is 54.4 Å². The fraction of sp³-hybridized carbons (Fsp3) is 0.500. The second kappa shape index (κ2) is 7.68. The minimum absolute atomic E-state index is 0.141. The van der Waals surface area contributed by atoms with Gasteiger partial charge in [-0.15, -0.1) is 0 Å². The van der Waals surface area contributed by atoms with Gasteiger partial charge in [0.15, 0.2) is 0 Å². The maximum absolute atomic E-state index is 11.9. The number of benzene rings is 1. The first-order valence-corrected chi connectivity index (χ1v) is 7.57. The number of anilines is 1. The first kappa shape index (κ1) is 16.1. The fourth-order valence-corrected chi connectivity index (χ4v) is 2.77. The van der Waals surface area contributed by atoms with Crippen LogP contribution in [0.25, 0.3) is 0 Å². The van der Waals surface area contributed by atoms with Gasteiger partial charge in [-0.25, -0.2) is 4.79 Å². The predicted molar refractivity (Wildman–Crippen MR) is 83.0 cm³/mol. The summed E-state index contributed by atoms with van der Waals surface area (Å²) >= 11 is 0. The van der Waals surface area contributed by atoms with Gasteiger partial charge in [0, 0.05) is 24.8 Å². The van der Waals surface area contributed by atoms with E-state index in [1.165, 1.54) is 4.90 Å². The zero-order valence-corrected chi connectivity index (χ0v) is 12.8. The predicted octanol–water partition coefficient (Wildman–Crippen LogP) is 2.20. The van der Waals surface area contributed by atoms with Gasteiger partial charge in [-0.3, -0.25) is 4.79 Å². The van der Waals surface area contributed by atoms with Gasteiger partial charge in [-0.2, -0.15) is 0 Å². The molecule has 0 aromatic heterocycles. The SMILES string of the molecule is CCOC(=O)CN(c1ccccc1)C1CCN(C(=O)O)CC1. The molecule has 0 radical (unpaired) electrons. The van der Waals surface area contributed by atoms with Crippen molar-refractivity contribution in [3.05, 3.63) is 30.3 Å². The highest BCUT2D eigenvalue weighted by Gasteiger charge is 2.28. The summed E-state index contributed by atoms with van der Waals surface area (Å²) in [6, 6.07) is 9.85. The number of hydrogen-bond donors (Lipinski definition) is 1. The third kappa shape index (κ3) is 4.13. The normalized spacial score (nSPS) is 15.4. The highest BCUT2D eigenvalue weighted by atomic mass is 16.5. The lowest BCUT2D eigenvalue weighted by Crippen LogP contribution is -2.48. The van der Waals surface area contributed by atoms with Crippen molar-refractivity contribution in [2.24, 2.45) is 0 Å². The molecule has 1 aliphatic rings. The number of para-hydroxylation sites is 1. The van der Waals surface area contributed by atoms with Crippen molar-refractivity contribution in [1.29, 1.82) is 0 Å². The minimum atomic E-state index is -0.880. The Bertz CT molecular complexity index is 498. The number of amides is 1. The fourth-order valence-electron chi connectivity index (χ4n) is 2.77. The molecule has 1 aliphatic heterocycles. The van der Waals surface area contributed by atoms with E-state index >= 15 is 0 Å². The summed E-state index contributed by atoms with van der Waals surface area (Å²) in [6.45, 7) is 3.32. The summed E-state index contributed by atoms with van der Waals surface area (Å²) in [4.78, 5) is 26.3. The highest BCUT2D eigenvalue weighted by molar-refractivity contribution is 5.76. The number of nitrogens with zero attached hydrogens (tertiary/aromatic N) is 2. The molecule has 22 heavy (non-hydrogen) atoms. The van der Waals surface area contributed by atoms with Crippen molar-refractivity contribution in [3.8, 4) is 0 Å². The first-order chi connectivity index (χ1) is 10.6. The molecule has 1 saturated heterocycles. The summed E-state index contributed by atoms with van der Waals surface area (Å²) < 4.78 is 5.06. The lowest BCUT2D eigenvalue weighted by molar-refractivity contribution is -0.141. The number of likely N-dealkylation sites (tertiary alicyclic amines) is 1. The van der Waals surface area contributed by atoms with E-state index in [1.54, 1.807) is 6.92 Å². The summed E-state index contributed by atoms with van der Waals surface area (Å²) in [5, 5.41) is 9.03. The molecule has 0 spiro atoms. The van der Waals surface area contributed by atoms with Crippen LogP contribution in [0.4, 0.5) is 10.5 Å². The van der Waals surface area contributed by atoms with E-state index in [0.29, 0.717) is 32.5 Å². The van der Waals surface area contributed by atoms with Crippen LogP contribution in [-0.2, 0) is 9.53 Å². The molecule has 0 aliphatic carbocycles. The van der Waals surface area contributed by atoms with E-state index < -0.39 is 6.09 Å². The van der Waals surface area contributed by atoms with E-state index in [1.807, 2.05) is 35.2 Å². The van der Waals surface area contributed by atoms with Crippen LogP contribution < -0.4 is 4.90 Å². The number of ether oxygens (including phenoxy) is 1. The average Bonchev–Trinajstić information content (AvgIpc) is 2.54. The molecule has 1 aromatic rings. The van der Waals surface area contributed by atoms with Crippen molar-refractivity contribution in [2.45, 2.75) is 25.8 Å². The molecule has 0 unspecified atom stereocenters. The Hall–Kier alpha value is -2.24. The Kier molecular flexibility index (Phi) is 5.63. The number of rotatable bonds is 5. The van der Waals surface area contributed by atoms with Crippen LogP contribution >= 0.6 is 0 Å². The Labute approximate surface area is 130 Å². The molecule has 0 bridgehead atoms. The number of hydrogen-bond acceptors (Lipinski definition) is 4. The molecule has 1 aromatic carbocycles. The Morgan fingerprint density at radius 1 is 1.27 bits per heavy atom. The van der Waals surface area contributed by atoms with Crippen LogP contribution in [0.3, 0.4) is 0 Å². The van der Waals surface area contributed by atoms with E-state index in [0.717, 1.165) is 5.69 Å². The molecule has 1 N–H and O–H groups in total. The first-order valence-electron chi connectivity index (χ1n) is 7.57. The number of piperidine rings is 1. The van der Waals surface area contributed by atoms with Crippen LogP contribution in [0, 0.1) is 0 Å². The molecule has 1 heterocycles. The van der Waals surface area contributed by atoms with Crippen LogP contribution in [0.1, 0.15) is 19.8 Å². The Morgan fingerprint density at radius 2 is 1.91 bits per heavy atom. The largest absolute Gasteiger partial charge is 0.465 e. The molecule has 2 rings (SSSR count). The highest BCUT2D eigenvalue weighted by Crippen LogP contribution is 2.23. The number of esters is 1. The van der Waals surface area contributed by atoms with Gasteiger partial charge in [-0.05, 0) is 31.9 Å². The van der Waals surface area contributed by atoms with Gasteiger partial charge in [-0.1, -0.05) is 18.2 Å². The van der Waals surface area contributed by atoms with E-state index in [4.69, 9.17) is 9.84 Å². The zero-order valence-electron chi connectivity index (χ0n) is 12.8. The molecule has 0 saturated carbocycles. The van der Waals surface area contributed by atoms with Crippen molar-refractivity contribution < 1.29 is 19.4 Å². The molecular weight excluding hydrogens is 284 g/mol. The third-order valence-electron chi connectivity index (χ3n) is 3.87. The topological polar surface area (TPSA) is 70.1 Å². The summed E-state index contributed by atoms with van der Waals surface area (Å²) in [5.74, 6) is -0.257. The number of carboxylic acid groups (broad SMARTS) is 1. The molecule has 6 heteroatoms. The van der Waals surface area contributed by atoms with E-state index in [9.17, 15) is 9.59 Å². The van der Waals surface area contributed by atoms with E-state index in [-0.39, 0.29) is 18.6 Å². The maximum atomic E-state index is 11.9. The number of carbonyl (C=O) groups excluding carboxylic acids is 1. The second-order valence-corrected chi connectivity index (χ2v) is 5.27. The Balaban J connectivity index is 2.08. The molecule has 120 valence electrons. The monoisotopic (exact) mass is 306 g/mol. The van der Waals surface area contributed by atoms with Crippen LogP contribution in [0.2, 0.25) is 0 Å². The Morgan fingerprint density at radius 3 is 2.45 bits per heavy atom. The van der Waals surface area contributed by atoms with Crippen molar-refractivity contribution in [2.75, 3.05) is 31.1 Å². The van der Waals surface area contributed by atoms with Gasteiger partial charge < -0.3 is 19.6 Å². The van der Waals surface area contributed by atoms with Gasteiger partial charge in [0.05, 0.1) is 6.61 Å².